The van der Waals surface area contributed by atoms with Crippen LogP contribution in [0, 0.1) is 6.92 Å². The number of hydrogen-bond acceptors (Lipinski definition) is 4. The molecule has 2 aromatic carbocycles. The number of hydrogen-bond donors (Lipinski definition) is 3. The predicted octanol–water partition coefficient (Wildman–Crippen LogP) is 3.39. The number of guanidine groups is 1. The second-order valence-electron chi connectivity index (χ2n) is 6.78. The van der Waals surface area contributed by atoms with E-state index in [0.29, 0.717) is 18.7 Å². The smallest absolute Gasteiger partial charge is 0.251 e. The number of nitrogens with zero attached hydrogens (tertiary/aromatic N) is 2. The lowest BCUT2D eigenvalue weighted by Crippen LogP contribution is -2.37. The number of aromatic nitrogens is 1. The van der Waals surface area contributed by atoms with Crippen LogP contribution in [0.15, 0.2) is 59.6 Å². The van der Waals surface area contributed by atoms with Crippen molar-refractivity contribution >= 4 is 23.2 Å². The largest absolute Gasteiger partial charge is 0.356 e. The Morgan fingerprint density at radius 3 is 2.63 bits per heavy atom. The normalized spacial score (nSPS) is 11.2. The van der Waals surface area contributed by atoms with Crippen LogP contribution in [0.5, 0.6) is 0 Å². The van der Waals surface area contributed by atoms with Crippen molar-refractivity contribution in [1.29, 1.82) is 0 Å². The van der Waals surface area contributed by atoms with Crippen LogP contribution in [-0.4, -0.2) is 37.5 Å². The fourth-order valence-corrected chi connectivity index (χ4v) is 4.03. The first-order valence-electron chi connectivity index (χ1n) is 9.88. The van der Waals surface area contributed by atoms with Crippen LogP contribution >= 0.6 is 11.3 Å². The number of carbonyl (C=O) groups is 1. The molecule has 0 saturated heterocycles. The summed E-state index contributed by atoms with van der Waals surface area (Å²) in [5, 5.41) is 10.4. The van der Waals surface area contributed by atoms with Crippen LogP contribution < -0.4 is 16.0 Å². The summed E-state index contributed by atoms with van der Waals surface area (Å²) >= 11 is 1.70. The molecule has 30 heavy (non-hydrogen) atoms. The Bertz CT molecular complexity index is 1010. The van der Waals surface area contributed by atoms with E-state index in [1.54, 1.807) is 25.4 Å². The summed E-state index contributed by atoms with van der Waals surface area (Å²) in [7, 11) is 3.40. The second-order valence-corrected chi connectivity index (χ2v) is 7.86. The third-order valence-electron chi connectivity index (χ3n) is 4.68. The number of benzene rings is 2. The Labute approximate surface area is 181 Å². The first-order chi connectivity index (χ1) is 14.6. The van der Waals surface area contributed by atoms with Gasteiger partial charge in [-0.1, -0.05) is 42.5 Å². The molecule has 3 aromatic rings. The molecule has 7 heteroatoms. The molecule has 1 heterocycles. The van der Waals surface area contributed by atoms with E-state index in [1.165, 1.54) is 4.88 Å². The summed E-state index contributed by atoms with van der Waals surface area (Å²) in [5.41, 5.74) is 3.95. The number of aryl methyl sites for hydroxylation is 1. The van der Waals surface area contributed by atoms with Crippen LogP contribution in [0.4, 0.5) is 0 Å². The zero-order chi connectivity index (χ0) is 21.3. The Morgan fingerprint density at radius 1 is 1.10 bits per heavy atom. The van der Waals surface area contributed by atoms with Crippen molar-refractivity contribution in [1.82, 2.24) is 20.9 Å². The minimum absolute atomic E-state index is 0.0721. The third-order valence-corrected chi connectivity index (χ3v) is 5.88. The van der Waals surface area contributed by atoms with Gasteiger partial charge in [0.25, 0.3) is 5.91 Å². The van der Waals surface area contributed by atoms with Gasteiger partial charge in [-0.3, -0.25) is 9.79 Å². The maximum atomic E-state index is 11.8. The van der Waals surface area contributed by atoms with Crippen molar-refractivity contribution in [3.05, 3.63) is 76.3 Å². The molecule has 0 aliphatic heterocycles. The minimum atomic E-state index is -0.0721. The first kappa shape index (κ1) is 21.5. The Kier molecular flexibility index (Phi) is 7.57. The number of carbonyl (C=O) groups excluding carboxylic acids is 1. The van der Waals surface area contributed by atoms with E-state index in [4.69, 9.17) is 4.98 Å². The predicted molar refractivity (Wildman–Crippen MR) is 124 cm³/mol. The molecule has 0 bridgehead atoms. The zero-order valence-electron chi connectivity index (χ0n) is 17.5. The van der Waals surface area contributed by atoms with Crippen LogP contribution in [0.3, 0.4) is 0 Å². The van der Waals surface area contributed by atoms with Gasteiger partial charge in [0.05, 0.1) is 12.2 Å². The highest BCUT2D eigenvalue weighted by Crippen LogP contribution is 2.27. The fraction of sp³-hybridized carbons (Fsp3) is 0.261. The summed E-state index contributed by atoms with van der Waals surface area (Å²) in [6, 6.07) is 17.9. The molecule has 3 N–H and O–H groups in total. The lowest BCUT2D eigenvalue weighted by molar-refractivity contribution is 0.0963. The third kappa shape index (κ3) is 5.67. The molecule has 3 rings (SSSR count). The number of amides is 1. The van der Waals surface area contributed by atoms with E-state index in [0.717, 1.165) is 34.2 Å². The van der Waals surface area contributed by atoms with E-state index in [9.17, 15) is 4.79 Å². The summed E-state index contributed by atoms with van der Waals surface area (Å²) in [5.74, 6) is 0.670. The quantitative estimate of drug-likeness (QED) is 0.404. The average molecular weight is 422 g/mol. The topological polar surface area (TPSA) is 78.4 Å². The summed E-state index contributed by atoms with van der Waals surface area (Å²) in [6.45, 7) is 3.42. The van der Waals surface area contributed by atoms with Crippen LogP contribution in [-0.2, 0) is 13.0 Å². The molecule has 0 aliphatic rings. The Morgan fingerprint density at radius 2 is 1.90 bits per heavy atom. The highest BCUT2D eigenvalue weighted by atomic mass is 32.1. The summed E-state index contributed by atoms with van der Waals surface area (Å²) in [4.78, 5) is 22.0. The van der Waals surface area contributed by atoms with Crippen molar-refractivity contribution in [2.45, 2.75) is 19.9 Å². The number of thiazole rings is 1. The van der Waals surface area contributed by atoms with Gasteiger partial charge in [-0.2, -0.15) is 0 Å². The Hall–Kier alpha value is -3.19. The van der Waals surface area contributed by atoms with Crippen molar-refractivity contribution in [2.75, 3.05) is 20.6 Å². The molecule has 0 fully saturated rings. The molecule has 0 saturated carbocycles. The molecule has 1 aromatic heterocycles. The lowest BCUT2D eigenvalue weighted by Gasteiger charge is -2.12. The van der Waals surface area contributed by atoms with E-state index in [-0.39, 0.29) is 5.91 Å². The van der Waals surface area contributed by atoms with E-state index in [1.807, 2.05) is 49.4 Å². The van der Waals surface area contributed by atoms with Crippen LogP contribution in [0.1, 0.15) is 26.5 Å². The van der Waals surface area contributed by atoms with E-state index >= 15 is 0 Å². The average Bonchev–Trinajstić information content (AvgIpc) is 3.16. The standard InChI is InChI=1S/C23H27N5OS/c1-16-20(30-22(28-16)18-9-5-4-6-10-18)15-27-23(25-3)26-13-12-17-8-7-11-19(14-17)21(29)24-2/h4-11,14H,12-13,15H2,1-3H3,(H,24,29)(H2,25,26,27). The minimum Gasteiger partial charge on any atom is -0.356 e. The van der Waals surface area contributed by atoms with Crippen molar-refractivity contribution in [3.8, 4) is 10.6 Å². The lowest BCUT2D eigenvalue weighted by atomic mass is 10.1. The SMILES string of the molecule is CN=C(NCCc1cccc(C(=O)NC)c1)NCc1sc(-c2ccccc2)nc1C. The van der Waals surface area contributed by atoms with Gasteiger partial charge in [-0.15, -0.1) is 11.3 Å². The molecule has 0 radical (unpaired) electrons. The highest BCUT2D eigenvalue weighted by molar-refractivity contribution is 7.15. The molecular weight excluding hydrogens is 394 g/mol. The maximum absolute atomic E-state index is 11.8. The molecule has 6 nitrogen and oxygen atoms in total. The monoisotopic (exact) mass is 421 g/mol. The molecule has 0 atom stereocenters. The van der Waals surface area contributed by atoms with Crippen LogP contribution in [0.2, 0.25) is 0 Å². The first-order valence-corrected chi connectivity index (χ1v) is 10.7. The van der Waals surface area contributed by atoms with Gasteiger partial charge >= 0.3 is 0 Å². The van der Waals surface area contributed by atoms with Crippen LogP contribution in [0.25, 0.3) is 10.6 Å². The highest BCUT2D eigenvalue weighted by Gasteiger charge is 2.10. The molecule has 1 amide bonds. The second kappa shape index (κ2) is 10.5. The van der Waals surface area contributed by atoms with E-state index in [2.05, 4.69) is 33.1 Å². The van der Waals surface area contributed by atoms with Crippen molar-refractivity contribution in [3.63, 3.8) is 0 Å². The molecular formula is C23H27N5OS. The molecule has 0 spiro atoms. The molecule has 0 aliphatic carbocycles. The fourth-order valence-electron chi connectivity index (χ4n) is 3.02. The summed E-state index contributed by atoms with van der Waals surface area (Å²) in [6.07, 6.45) is 0.795. The van der Waals surface area contributed by atoms with Gasteiger partial charge in [-0.05, 0) is 31.0 Å². The Balaban J connectivity index is 1.52. The van der Waals surface area contributed by atoms with Gasteiger partial charge in [0.2, 0.25) is 0 Å². The maximum Gasteiger partial charge on any atom is 0.251 e. The summed E-state index contributed by atoms with van der Waals surface area (Å²) < 4.78 is 0. The molecule has 156 valence electrons. The van der Waals surface area contributed by atoms with Gasteiger partial charge in [0.15, 0.2) is 5.96 Å². The number of nitrogens with one attached hydrogen (secondary N) is 3. The van der Waals surface area contributed by atoms with Crippen molar-refractivity contribution in [2.24, 2.45) is 4.99 Å². The van der Waals surface area contributed by atoms with Gasteiger partial charge in [-0.25, -0.2) is 4.98 Å². The van der Waals surface area contributed by atoms with E-state index < -0.39 is 0 Å². The molecule has 0 unspecified atom stereocenters. The van der Waals surface area contributed by atoms with Gasteiger partial charge < -0.3 is 16.0 Å². The number of rotatable bonds is 7. The van der Waals surface area contributed by atoms with Crippen molar-refractivity contribution < 1.29 is 4.79 Å². The van der Waals surface area contributed by atoms with Gasteiger partial charge in [0, 0.05) is 36.6 Å². The van der Waals surface area contributed by atoms with Gasteiger partial charge in [0.1, 0.15) is 5.01 Å². The zero-order valence-corrected chi connectivity index (χ0v) is 18.3. The number of aliphatic imine (C=N–C) groups is 1.